The number of carbonyl (C=O) groups excluding carboxylic acids is 1. The summed E-state index contributed by atoms with van der Waals surface area (Å²) in [6.07, 6.45) is 0.156. The van der Waals surface area contributed by atoms with Gasteiger partial charge in [-0.05, 0) is 35.9 Å². The molecule has 0 aliphatic heterocycles. The lowest BCUT2D eigenvalue weighted by Crippen LogP contribution is -2.15. The monoisotopic (exact) mass is 266 g/mol. The first-order valence-corrected chi connectivity index (χ1v) is 6.02. The molecule has 0 saturated heterocycles. The van der Waals surface area contributed by atoms with Gasteiger partial charge in [0.2, 0.25) is 5.91 Å². The van der Waals surface area contributed by atoms with Crippen LogP contribution in [0.2, 0.25) is 0 Å². The minimum Gasteiger partial charge on any atom is -0.399 e. The van der Waals surface area contributed by atoms with Gasteiger partial charge in [0.25, 0.3) is 0 Å². The quantitative estimate of drug-likeness (QED) is 0.738. The maximum absolute atomic E-state index is 11.9. The van der Waals surface area contributed by atoms with Crippen LogP contribution in [0.3, 0.4) is 0 Å². The second kappa shape index (κ2) is 5.76. The molecule has 0 radical (unpaired) electrons. The first kappa shape index (κ1) is 13.4. The van der Waals surface area contributed by atoms with Gasteiger partial charge in [0, 0.05) is 17.1 Å². The fourth-order valence-electron chi connectivity index (χ4n) is 1.82. The van der Waals surface area contributed by atoms with Crippen molar-refractivity contribution >= 4 is 23.0 Å². The molecule has 0 aromatic heterocycles. The first-order chi connectivity index (χ1) is 9.58. The Bertz CT molecular complexity index is 689. The van der Waals surface area contributed by atoms with Gasteiger partial charge in [-0.3, -0.25) is 4.79 Å². The van der Waals surface area contributed by atoms with Gasteiger partial charge < -0.3 is 16.8 Å². The van der Waals surface area contributed by atoms with Crippen LogP contribution in [0.5, 0.6) is 0 Å². The third kappa shape index (κ3) is 3.27. The Labute approximate surface area is 116 Å². The molecule has 0 saturated carbocycles. The number of carbonyl (C=O) groups is 1. The average Bonchev–Trinajstić information content (AvgIpc) is 2.42. The smallest absolute Gasteiger partial charge is 0.228 e. The van der Waals surface area contributed by atoms with Gasteiger partial charge in [-0.15, -0.1) is 0 Å². The summed E-state index contributed by atoms with van der Waals surface area (Å²) in [6.45, 7) is 0. The third-order valence-electron chi connectivity index (χ3n) is 2.80. The molecular weight excluding hydrogens is 252 g/mol. The van der Waals surface area contributed by atoms with E-state index in [4.69, 9.17) is 16.7 Å². The van der Waals surface area contributed by atoms with Gasteiger partial charge in [-0.25, -0.2) is 0 Å². The lowest BCUT2D eigenvalue weighted by atomic mass is 10.1. The normalized spacial score (nSPS) is 9.75. The Balaban J connectivity index is 2.07. The zero-order chi connectivity index (χ0) is 14.5. The molecule has 0 atom stereocenters. The van der Waals surface area contributed by atoms with E-state index in [0.717, 1.165) is 0 Å². The zero-order valence-corrected chi connectivity index (χ0v) is 10.8. The lowest BCUT2D eigenvalue weighted by Gasteiger charge is -2.08. The average molecular weight is 266 g/mol. The van der Waals surface area contributed by atoms with Gasteiger partial charge in [0.05, 0.1) is 18.1 Å². The van der Waals surface area contributed by atoms with Crippen molar-refractivity contribution in [2.75, 3.05) is 16.8 Å². The number of benzene rings is 2. The van der Waals surface area contributed by atoms with Crippen LogP contribution in [0.4, 0.5) is 17.1 Å². The highest BCUT2D eigenvalue weighted by Crippen LogP contribution is 2.17. The van der Waals surface area contributed by atoms with Gasteiger partial charge in [-0.2, -0.15) is 5.26 Å². The van der Waals surface area contributed by atoms with Crippen molar-refractivity contribution in [1.29, 1.82) is 5.26 Å². The Hall–Kier alpha value is -3.00. The zero-order valence-electron chi connectivity index (χ0n) is 10.8. The molecule has 20 heavy (non-hydrogen) atoms. The van der Waals surface area contributed by atoms with Gasteiger partial charge in [-0.1, -0.05) is 12.1 Å². The molecule has 0 spiro atoms. The number of nitrogen functional groups attached to an aromatic ring is 2. The third-order valence-corrected chi connectivity index (χ3v) is 2.80. The summed E-state index contributed by atoms with van der Waals surface area (Å²) in [6, 6.07) is 13.8. The van der Waals surface area contributed by atoms with Crippen molar-refractivity contribution in [3.8, 4) is 6.07 Å². The van der Waals surface area contributed by atoms with E-state index < -0.39 is 0 Å². The number of nitrogens with one attached hydrogen (secondary N) is 1. The van der Waals surface area contributed by atoms with Crippen molar-refractivity contribution < 1.29 is 4.79 Å². The molecule has 2 rings (SSSR count). The van der Waals surface area contributed by atoms with Crippen LogP contribution in [-0.4, -0.2) is 5.91 Å². The summed E-state index contributed by atoms with van der Waals surface area (Å²) in [4.78, 5) is 11.9. The number of hydrogen-bond acceptors (Lipinski definition) is 4. The van der Waals surface area contributed by atoms with E-state index in [2.05, 4.69) is 5.32 Å². The topological polar surface area (TPSA) is 105 Å². The highest BCUT2D eigenvalue weighted by molar-refractivity contribution is 5.93. The fraction of sp³-hybridized carbons (Fsp3) is 0.0667. The van der Waals surface area contributed by atoms with E-state index in [-0.39, 0.29) is 12.3 Å². The molecule has 0 fully saturated rings. The van der Waals surface area contributed by atoms with Gasteiger partial charge in [0.15, 0.2) is 0 Å². The van der Waals surface area contributed by atoms with Crippen LogP contribution in [0.15, 0.2) is 42.5 Å². The number of nitriles is 1. The SMILES string of the molecule is N#Cc1cccc(NC(=O)Cc2ccc(N)cc2N)c1. The molecule has 100 valence electrons. The van der Waals surface area contributed by atoms with E-state index in [1.807, 2.05) is 6.07 Å². The van der Waals surface area contributed by atoms with E-state index in [9.17, 15) is 4.79 Å². The van der Waals surface area contributed by atoms with Crippen LogP contribution in [0.25, 0.3) is 0 Å². The highest BCUT2D eigenvalue weighted by atomic mass is 16.1. The number of nitrogens with two attached hydrogens (primary N) is 2. The van der Waals surface area contributed by atoms with Gasteiger partial charge in [0.1, 0.15) is 0 Å². The first-order valence-electron chi connectivity index (χ1n) is 6.02. The fourth-order valence-corrected chi connectivity index (χ4v) is 1.82. The Morgan fingerprint density at radius 3 is 2.70 bits per heavy atom. The maximum Gasteiger partial charge on any atom is 0.228 e. The predicted octanol–water partition coefficient (Wildman–Crippen LogP) is 1.90. The molecule has 0 heterocycles. The predicted molar refractivity (Wildman–Crippen MR) is 78.8 cm³/mol. The Morgan fingerprint density at radius 1 is 1.20 bits per heavy atom. The van der Waals surface area contributed by atoms with Gasteiger partial charge >= 0.3 is 0 Å². The number of amides is 1. The summed E-state index contributed by atoms with van der Waals surface area (Å²) in [5.41, 5.74) is 14.3. The molecule has 2 aromatic carbocycles. The van der Waals surface area contributed by atoms with Crippen LogP contribution < -0.4 is 16.8 Å². The number of rotatable bonds is 3. The van der Waals surface area contributed by atoms with E-state index in [0.29, 0.717) is 28.2 Å². The Morgan fingerprint density at radius 2 is 2.00 bits per heavy atom. The van der Waals surface area contributed by atoms with Crippen LogP contribution in [0, 0.1) is 11.3 Å². The minimum atomic E-state index is -0.198. The molecule has 2 aromatic rings. The van der Waals surface area contributed by atoms with E-state index in [1.165, 1.54) is 0 Å². The largest absolute Gasteiger partial charge is 0.399 e. The summed E-state index contributed by atoms with van der Waals surface area (Å²) in [7, 11) is 0. The second-order valence-corrected chi connectivity index (χ2v) is 4.38. The summed E-state index contributed by atoms with van der Waals surface area (Å²) < 4.78 is 0. The van der Waals surface area contributed by atoms with E-state index in [1.54, 1.807) is 42.5 Å². The van der Waals surface area contributed by atoms with Crippen LogP contribution in [0.1, 0.15) is 11.1 Å². The summed E-state index contributed by atoms with van der Waals surface area (Å²) >= 11 is 0. The number of nitrogens with zero attached hydrogens (tertiary/aromatic N) is 1. The second-order valence-electron chi connectivity index (χ2n) is 4.38. The number of hydrogen-bond donors (Lipinski definition) is 3. The molecule has 5 N–H and O–H groups in total. The standard InChI is InChI=1S/C15H14N4O/c16-9-10-2-1-3-13(6-10)19-15(20)7-11-4-5-12(17)8-14(11)18/h1-6,8H,7,17-18H2,(H,19,20). The molecule has 0 unspecified atom stereocenters. The summed E-state index contributed by atoms with van der Waals surface area (Å²) in [5, 5.41) is 11.5. The van der Waals surface area contributed by atoms with Crippen LogP contribution >= 0.6 is 0 Å². The molecule has 5 heteroatoms. The maximum atomic E-state index is 11.9. The van der Waals surface area contributed by atoms with Crippen molar-refractivity contribution in [3.63, 3.8) is 0 Å². The molecule has 5 nitrogen and oxygen atoms in total. The molecule has 0 bridgehead atoms. The number of anilines is 3. The lowest BCUT2D eigenvalue weighted by molar-refractivity contribution is -0.115. The van der Waals surface area contributed by atoms with E-state index >= 15 is 0 Å². The minimum absolute atomic E-state index is 0.156. The van der Waals surface area contributed by atoms with Crippen molar-refractivity contribution in [2.24, 2.45) is 0 Å². The van der Waals surface area contributed by atoms with Crippen molar-refractivity contribution in [1.82, 2.24) is 0 Å². The summed E-state index contributed by atoms with van der Waals surface area (Å²) in [5.74, 6) is -0.198. The van der Waals surface area contributed by atoms with Crippen molar-refractivity contribution in [3.05, 3.63) is 53.6 Å². The highest BCUT2D eigenvalue weighted by Gasteiger charge is 2.07. The van der Waals surface area contributed by atoms with Crippen molar-refractivity contribution in [2.45, 2.75) is 6.42 Å². The molecule has 0 aliphatic rings. The molecular formula is C15H14N4O. The van der Waals surface area contributed by atoms with Crippen LogP contribution in [-0.2, 0) is 11.2 Å². The Kier molecular flexibility index (Phi) is 3.87. The molecule has 1 amide bonds. The molecule has 0 aliphatic carbocycles.